The fraction of sp³-hybridized carbons (Fsp3) is 0.0500. The summed E-state index contributed by atoms with van der Waals surface area (Å²) >= 11 is 3.38. The van der Waals surface area contributed by atoms with Crippen LogP contribution in [0.25, 0.3) is 11.5 Å². The van der Waals surface area contributed by atoms with Crippen LogP contribution in [0.1, 0.15) is 5.76 Å². The molecule has 28 heavy (non-hydrogen) atoms. The van der Waals surface area contributed by atoms with Crippen molar-refractivity contribution in [3.05, 3.63) is 83.2 Å². The quantitative estimate of drug-likeness (QED) is 0.430. The summed E-state index contributed by atoms with van der Waals surface area (Å²) in [6.45, 7) is 0.263. The fourth-order valence-electron chi connectivity index (χ4n) is 2.61. The van der Waals surface area contributed by atoms with Gasteiger partial charge >= 0.3 is 0 Å². The highest BCUT2D eigenvalue weighted by molar-refractivity contribution is 9.10. The summed E-state index contributed by atoms with van der Waals surface area (Å²) in [7, 11) is -3.86. The molecule has 0 aliphatic rings. The first-order valence-electron chi connectivity index (χ1n) is 8.37. The highest BCUT2D eigenvalue weighted by Gasteiger charge is 2.28. The molecule has 4 aromatic rings. The maximum Gasteiger partial charge on any atom is 0.234 e. The molecule has 0 saturated carbocycles. The number of benzene rings is 2. The van der Waals surface area contributed by atoms with E-state index in [1.165, 1.54) is 12.1 Å². The molecule has 0 aliphatic heterocycles. The SMILES string of the molecule is O=S(=O)(c1ccccc1)c1nc(-c2ccc(Br)cc2)oc1NCc1ccco1. The van der Waals surface area contributed by atoms with Crippen molar-refractivity contribution in [1.82, 2.24) is 4.98 Å². The minimum Gasteiger partial charge on any atom is -0.467 e. The Morgan fingerprint density at radius 1 is 0.964 bits per heavy atom. The molecule has 6 nitrogen and oxygen atoms in total. The molecule has 8 heteroatoms. The van der Waals surface area contributed by atoms with Gasteiger partial charge in [0.15, 0.2) is 0 Å². The van der Waals surface area contributed by atoms with Gasteiger partial charge in [0, 0.05) is 10.0 Å². The van der Waals surface area contributed by atoms with Crippen LogP contribution in [0.2, 0.25) is 0 Å². The molecule has 4 rings (SSSR count). The van der Waals surface area contributed by atoms with Crippen LogP contribution in [0, 0.1) is 0 Å². The zero-order chi connectivity index (χ0) is 19.6. The maximum atomic E-state index is 13.1. The number of aromatic nitrogens is 1. The van der Waals surface area contributed by atoms with Gasteiger partial charge in [-0.1, -0.05) is 34.1 Å². The lowest BCUT2D eigenvalue weighted by Crippen LogP contribution is -2.07. The number of hydrogen-bond acceptors (Lipinski definition) is 6. The van der Waals surface area contributed by atoms with Crippen LogP contribution in [-0.2, 0) is 16.4 Å². The van der Waals surface area contributed by atoms with Crippen LogP contribution in [0.15, 0.2) is 96.2 Å². The second-order valence-corrected chi connectivity index (χ2v) is 8.69. The minimum atomic E-state index is -3.86. The maximum absolute atomic E-state index is 13.1. The minimum absolute atomic E-state index is 0.0678. The molecule has 0 atom stereocenters. The molecule has 0 saturated heterocycles. The molecule has 2 aromatic heterocycles. The van der Waals surface area contributed by atoms with Crippen molar-refractivity contribution >= 4 is 31.7 Å². The molecular formula is C20H15BrN2O4S. The van der Waals surface area contributed by atoms with Gasteiger partial charge < -0.3 is 14.2 Å². The van der Waals surface area contributed by atoms with Crippen LogP contribution in [0.3, 0.4) is 0 Å². The van der Waals surface area contributed by atoms with E-state index in [-0.39, 0.29) is 28.2 Å². The van der Waals surface area contributed by atoms with Gasteiger partial charge in [-0.25, -0.2) is 8.42 Å². The Balaban J connectivity index is 1.77. The number of oxazole rings is 1. The molecule has 0 fully saturated rings. The van der Waals surface area contributed by atoms with Crippen LogP contribution >= 0.6 is 15.9 Å². The number of hydrogen-bond donors (Lipinski definition) is 1. The topological polar surface area (TPSA) is 85.3 Å². The molecule has 0 unspecified atom stereocenters. The summed E-state index contributed by atoms with van der Waals surface area (Å²) in [6, 6.07) is 18.9. The standard InChI is InChI=1S/C20H15BrN2O4S/c21-15-10-8-14(9-11-15)18-23-20(28(24,25)17-6-2-1-3-7-17)19(27-18)22-13-16-5-4-12-26-16/h1-12,22H,13H2. The van der Waals surface area contributed by atoms with E-state index in [1.807, 2.05) is 12.1 Å². The zero-order valence-electron chi connectivity index (χ0n) is 14.5. The Kier molecular flexibility index (Phi) is 5.06. The Hall–Kier alpha value is -2.84. The predicted octanol–water partition coefficient (Wildman–Crippen LogP) is 5.14. The average molecular weight is 459 g/mol. The van der Waals surface area contributed by atoms with Gasteiger partial charge in [-0.2, -0.15) is 4.98 Å². The third-order valence-corrected chi connectivity index (χ3v) is 6.21. The average Bonchev–Trinajstić information content (AvgIpc) is 3.38. The molecule has 0 spiro atoms. The second kappa shape index (κ2) is 7.65. The first-order valence-corrected chi connectivity index (χ1v) is 10.6. The molecule has 0 radical (unpaired) electrons. The molecule has 2 aromatic carbocycles. The smallest absolute Gasteiger partial charge is 0.234 e. The monoisotopic (exact) mass is 458 g/mol. The summed E-state index contributed by atoms with van der Waals surface area (Å²) in [4.78, 5) is 4.44. The van der Waals surface area contributed by atoms with E-state index < -0.39 is 9.84 Å². The van der Waals surface area contributed by atoms with E-state index in [1.54, 1.807) is 48.7 Å². The van der Waals surface area contributed by atoms with Crippen LogP contribution in [0.5, 0.6) is 0 Å². The number of anilines is 1. The van der Waals surface area contributed by atoms with Crippen molar-refractivity contribution in [3.8, 4) is 11.5 Å². The number of rotatable bonds is 6. The van der Waals surface area contributed by atoms with E-state index in [9.17, 15) is 8.42 Å². The van der Waals surface area contributed by atoms with Crippen LogP contribution in [-0.4, -0.2) is 13.4 Å². The third kappa shape index (κ3) is 3.74. The lowest BCUT2D eigenvalue weighted by molar-refractivity contribution is 0.511. The van der Waals surface area contributed by atoms with E-state index in [2.05, 4.69) is 26.2 Å². The number of nitrogens with zero attached hydrogens (tertiary/aromatic N) is 1. The number of furan rings is 1. The molecule has 1 N–H and O–H groups in total. The fourth-order valence-corrected chi connectivity index (χ4v) is 4.17. The van der Waals surface area contributed by atoms with Crippen LogP contribution in [0.4, 0.5) is 5.88 Å². The van der Waals surface area contributed by atoms with Gasteiger partial charge in [-0.05, 0) is 48.5 Å². The third-order valence-electron chi connectivity index (χ3n) is 4.00. The van der Waals surface area contributed by atoms with Crippen molar-refractivity contribution in [3.63, 3.8) is 0 Å². The molecule has 2 heterocycles. The Morgan fingerprint density at radius 2 is 1.71 bits per heavy atom. The molecular weight excluding hydrogens is 444 g/mol. The molecule has 0 bridgehead atoms. The van der Waals surface area contributed by atoms with Gasteiger partial charge in [0.1, 0.15) is 5.76 Å². The second-order valence-electron chi connectivity index (χ2n) is 5.91. The van der Waals surface area contributed by atoms with Crippen molar-refractivity contribution in [2.24, 2.45) is 0 Å². The van der Waals surface area contributed by atoms with E-state index in [0.29, 0.717) is 11.3 Å². The summed E-state index contributed by atoms with van der Waals surface area (Å²) in [6.07, 6.45) is 1.55. The molecule has 0 aliphatic carbocycles. The molecule has 142 valence electrons. The lowest BCUT2D eigenvalue weighted by atomic mass is 10.2. The largest absolute Gasteiger partial charge is 0.467 e. The summed E-state index contributed by atoms with van der Waals surface area (Å²) in [5.41, 5.74) is 0.666. The van der Waals surface area contributed by atoms with E-state index in [4.69, 9.17) is 8.83 Å². The lowest BCUT2D eigenvalue weighted by Gasteiger charge is -2.04. The highest BCUT2D eigenvalue weighted by atomic mass is 79.9. The van der Waals surface area contributed by atoms with Gasteiger partial charge in [0.25, 0.3) is 0 Å². The number of halogens is 1. The van der Waals surface area contributed by atoms with Crippen molar-refractivity contribution in [2.75, 3.05) is 5.32 Å². The summed E-state index contributed by atoms with van der Waals surface area (Å²) < 4.78 is 38.2. The Labute approximate surface area is 170 Å². The zero-order valence-corrected chi connectivity index (χ0v) is 16.9. The highest BCUT2D eigenvalue weighted by Crippen LogP contribution is 2.33. The first-order chi connectivity index (χ1) is 13.5. The van der Waals surface area contributed by atoms with Gasteiger partial charge in [0.2, 0.25) is 26.6 Å². The van der Waals surface area contributed by atoms with Crippen molar-refractivity contribution in [1.29, 1.82) is 0 Å². The molecule has 0 amide bonds. The van der Waals surface area contributed by atoms with E-state index >= 15 is 0 Å². The summed E-state index contributed by atoms with van der Waals surface area (Å²) in [5, 5.41) is 2.82. The normalized spacial score (nSPS) is 11.5. The van der Waals surface area contributed by atoms with Gasteiger partial charge in [-0.3, -0.25) is 0 Å². The first kappa shape index (κ1) is 18.5. The van der Waals surface area contributed by atoms with Crippen molar-refractivity contribution in [2.45, 2.75) is 16.5 Å². The van der Waals surface area contributed by atoms with Gasteiger partial charge in [0.05, 0.1) is 17.7 Å². The predicted molar refractivity (Wildman–Crippen MR) is 108 cm³/mol. The van der Waals surface area contributed by atoms with Crippen molar-refractivity contribution < 1.29 is 17.3 Å². The number of nitrogens with one attached hydrogen (secondary N) is 1. The Bertz CT molecular complexity index is 1170. The van der Waals surface area contributed by atoms with Crippen LogP contribution < -0.4 is 5.32 Å². The number of sulfone groups is 1. The Morgan fingerprint density at radius 3 is 2.39 bits per heavy atom. The summed E-state index contributed by atoms with van der Waals surface area (Å²) in [5.74, 6) is 0.923. The van der Waals surface area contributed by atoms with E-state index in [0.717, 1.165) is 4.47 Å². The van der Waals surface area contributed by atoms with Gasteiger partial charge in [-0.15, -0.1) is 0 Å².